The summed E-state index contributed by atoms with van der Waals surface area (Å²) in [6, 6.07) is 97.2. The SMILES string of the molecule is c1ccc(-c2nc3ccccc3nc2-c2ccc3c(c2)Oc2cc(-c4cc(-c5ccccc5)c5ncc(-c6ccc7c(c6)Oc6ccccc6C76c7ccccc7-c7ccccc76)nc5c4)ccc2C32c3ccccc3-c3ccccc32)cc1. The molecule has 2 aliphatic carbocycles. The zero-order chi connectivity index (χ0) is 55.1. The maximum absolute atomic E-state index is 7.38. The summed E-state index contributed by atoms with van der Waals surface area (Å²) in [7, 11) is 0. The summed E-state index contributed by atoms with van der Waals surface area (Å²) in [5.41, 5.74) is 25.5. The van der Waals surface area contributed by atoms with E-state index in [-0.39, 0.29) is 0 Å². The fraction of sp³-hybridized carbons (Fsp3) is 0.0256. The fourth-order valence-corrected chi connectivity index (χ4v) is 14.5. The molecule has 0 saturated carbocycles. The molecule has 2 spiro atoms. The lowest BCUT2D eigenvalue weighted by atomic mass is 9.65. The molecule has 14 aromatic rings. The lowest BCUT2D eigenvalue weighted by molar-refractivity contribution is 0.436. The Morgan fingerprint density at radius 3 is 1.24 bits per heavy atom. The van der Waals surface area contributed by atoms with E-state index < -0.39 is 10.8 Å². The van der Waals surface area contributed by atoms with Crippen LogP contribution in [0.1, 0.15) is 44.5 Å². The van der Waals surface area contributed by atoms with Crippen molar-refractivity contribution in [3.63, 3.8) is 0 Å². The first-order chi connectivity index (χ1) is 41.6. The molecule has 0 N–H and O–H groups in total. The minimum atomic E-state index is -0.686. The van der Waals surface area contributed by atoms with Gasteiger partial charge in [0.25, 0.3) is 0 Å². The number of nitrogens with zero attached hydrogens (tertiary/aromatic N) is 4. The zero-order valence-electron chi connectivity index (χ0n) is 45.2. The molecule has 12 aromatic carbocycles. The van der Waals surface area contributed by atoms with E-state index in [9.17, 15) is 0 Å². The van der Waals surface area contributed by atoms with Crippen LogP contribution in [0.3, 0.4) is 0 Å². The highest BCUT2D eigenvalue weighted by Crippen LogP contribution is 2.64. The maximum atomic E-state index is 7.38. The molecule has 0 unspecified atom stereocenters. The minimum Gasteiger partial charge on any atom is -0.457 e. The minimum absolute atomic E-state index is 0.560. The largest absolute Gasteiger partial charge is 0.457 e. The van der Waals surface area contributed by atoms with Crippen molar-refractivity contribution in [1.82, 2.24) is 19.9 Å². The Kier molecular flexibility index (Phi) is 9.83. The third kappa shape index (κ3) is 6.50. The smallest absolute Gasteiger partial charge is 0.132 e. The highest BCUT2D eigenvalue weighted by atomic mass is 16.5. The molecule has 4 aliphatic rings. The van der Waals surface area contributed by atoms with Gasteiger partial charge in [-0.1, -0.05) is 224 Å². The van der Waals surface area contributed by atoms with Crippen LogP contribution in [0.25, 0.3) is 100 Å². The van der Waals surface area contributed by atoms with E-state index in [0.717, 1.165) is 123 Å². The van der Waals surface area contributed by atoms with Gasteiger partial charge in [-0.3, -0.25) is 4.98 Å². The lowest BCUT2D eigenvalue weighted by Gasteiger charge is -2.39. The molecule has 0 fully saturated rings. The number of ether oxygens (including phenoxy) is 2. The van der Waals surface area contributed by atoms with Gasteiger partial charge in [0.2, 0.25) is 0 Å². The van der Waals surface area contributed by atoms with Gasteiger partial charge >= 0.3 is 0 Å². The summed E-state index contributed by atoms with van der Waals surface area (Å²) in [5, 5.41) is 0. The summed E-state index contributed by atoms with van der Waals surface area (Å²) in [6.07, 6.45) is 1.91. The van der Waals surface area contributed by atoms with Crippen molar-refractivity contribution in [2.75, 3.05) is 0 Å². The number of hydrogen-bond acceptors (Lipinski definition) is 6. The molecular formula is C78H46N4O2. The molecule has 6 nitrogen and oxygen atoms in total. The van der Waals surface area contributed by atoms with Gasteiger partial charge < -0.3 is 9.47 Å². The predicted octanol–water partition coefficient (Wildman–Crippen LogP) is 18.8. The first kappa shape index (κ1) is 46.6. The standard InChI is InChI=1S/C78H46N4O2/c1-3-19-47(20-4-1)57-41-52(42-68-76(57)79-46-69(80-68)50-36-39-64-72(44-50)83-70-34-18-15-31-62(70)77(64)58-27-11-7-23-53(58)54-24-8-12-28-59(54)77)49-35-38-63-71(43-49)84-73-45-51(75-74(48-21-5-2-6-22-48)81-66-32-16-17-33-67(66)82-75)37-40-65(73)78(63)60-29-13-9-25-55(60)56-26-10-14-30-61(56)78/h1-46H. The second-order valence-corrected chi connectivity index (χ2v) is 22.3. The van der Waals surface area contributed by atoms with Gasteiger partial charge in [-0.2, -0.15) is 0 Å². The van der Waals surface area contributed by atoms with E-state index >= 15 is 0 Å². The fourth-order valence-electron chi connectivity index (χ4n) is 14.5. The molecule has 84 heavy (non-hydrogen) atoms. The van der Waals surface area contributed by atoms with Crippen molar-refractivity contribution in [2.24, 2.45) is 0 Å². The number of fused-ring (bicyclic) bond motifs is 20. The number of benzene rings is 12. The molecule has 2 aliphatic heterocycles. The Morgan fingerprint density at radius 1 is 0.250 bits per heavy atom. The molecule has 4 heterocycles. The van der Waals surface area contributed by atoms with Crippen molar-refractivity contribution in [3.05, 3.63) is 324 Å². The van der Waals surface area contributed by atoms with Crippen molar-refractivity contribution >= 4 is 22.1 Å². The van der Waals surface area contributed by atoms with E-state index in [1.165, 1.54) is 44.5 Å². The van der Waals surface area contributed by atoms with Crippen LogP contribution < -0.4 is 9.47 Å². The van der Waals surface area contributed by atoms with Crippen molar-refractivity contribution in [2.45, 2.75) is 10.8 Å². The molecule has 0 saturated heterocycles. The molecule has 2 aromatic heterocycles. The zero-order valence-corrected chi connectivity index (χ0v) is 45.2. The van der Waals surface area contributed by atoms with Gasteiger partial charge in [0.15, 0.2) is 0 Å². The van der Waals surface area contributed by atoms with Crippen LogP contribution in [-0.2, 0) is 10.8 Å². The summed E-state index contributed by atoms with van der Waals surface area (Å²) in [6.45, 7) is 0. The third-order valence-corrected chi connectivity index (χ3v) is 18.0. The van der Waals surface area contributed by atoms with Crippen LogP contribution in [0.15, 0.2) is 279 Å². The third-order valence-electron chi connectivity index (χ3n) is 18.0. The quantitative estimate of drug-likeness (QED) is 0.171. The first-order valence-corrected chi connectivity index (χ1v) is 28.6. The van der Waals surface area contributed by atoms with Gasteiger partial charge in [0, 0.05) is 44.5 Å². The second-order valence-electron chi connectivity index (χ2n) is 22.3. The van der Waals surface area contributed by atoms with E-state index in [1.807, 2.05) is 36.5 Å². The number of aromatic nitrogens is 4. The monoisotopic (exact) mass is 1070 g/mol. The number of rotatable bonds is 5. The van der Waals surface area contributed by atoms with Crippen molar-refractivity contribution in [1.29, 1.82) is 0 Å². The lowest BCUT2D eigenvalue weighted by Crippen LogP contribution is -2.32. The summed E-state index contributed by atoms with van der Waals surface area (Å²) in [5.74, 6) is 3.19. The summed E-state index contributed by atoms with van der Waals surface area (Å²) in [4.78, 5) is 21.4. The molecule has 6 heteroatoms. The van der Waals surface area contributed by atoms with E-state index in [1.54, 1.807) is 0 Å². The second kappa shape index (κ2) is 17.7. The Morgan fingerprint density at radius 2 is 0.667 bits per heavy atom. The van der Waals surface area contributed by atoms with Gasteiger partial charge in [-0.15, -0.1) is 0 Å². The predicted molar refractivity (Wildman–Crippen MR) is 335 cm³/mol. The molecule has 0 amide bonds. The van der Waals surface area contributed by atoms with E-state index in [2.05, 4.69) is 243 Å². The Balaban J connectivity index is 0.808. The van der Waals surface area contributed by atoms with Gasteiger partial charge in [-0.05, 0) is 110 Å². The molecule has 0 atom stereocenters. The van der Waals surface area contributed by atoms with Crippen LogP contribution in [0.2, 0.25) is 0 Å². The average molecular weight is 1070 g/mol. The van der Waals surface area contributed by atoms with Crippen LogP contribution in [0.5, 0.6) is 23.0 Å². The average Bonchev–Trinajstić information content (AvgIpc) is 3.02. The van der Waals surface area contributed by atoms with Crippen LogP contribution in [0, 0.1) is 0 Å². The van der Waals surface area contributed by atoms with Crippen LogP contribution >= 0.6 is 0 Å². The van der Waals surface area contributed by atoms with Gasteiger partial charge in [0.1, 0.15) is 23.0 Å². The Labute approximate surface area is 484 Å². The molecule has 0 bridgehead atoms. The normalized spacial score (nSPS) is 13.9. The van der Waals surface area contributed by atoms with Gasteiger partial charge in [-0.25, -0.2) is 15.0 Å². The van der Waals surface area contributed by atoms with Crippen LogP contribution in [0.4, 0.5) is 0 Å². The van der Waals surface area contributed by atoms with E-state index in [4.69, 9.17) is 29.4 Å². The van der Waals surface area contributed by atoms with Gasteiger partial charge in [0.05, 0.1) is 56.2 Å². The molecule has 390 valence electrons. The van der Waals surface area contributed by atoms with E-state index in [0.29, 0.717) is 0 Å². The number of hydrogen-bond donors (Lipinski definition) is 0. The molecular weight excluding hydrogens is 1020 g/mol. The Hall–Kier alpha value is -11.1. The first-order valence-electron chi connectivity index (χ1n) is 28.6. The maximum Gasteiger partial charge on any atom is 0.132 e. The topological polar surface area (TPSA) is 70.0 Å². The highest BCUT2D eigenvalue weighted by Gasteiger charge is 2.53. The van der Waals surface area contributed by atoms with Crippen molar-refractivity contribution in [3.8, 4) is 101 Å². The van der Waals surface area contributed by atoms with Crippen LogP contribution in [-0.4, -0.2) is 19.9 Å². The Bertz CT molecular complexity index is 5020. The summed E-state index contributed by atoms with van der Waals surface area (Å²) >= 11 is 0. The molecule has 0 radical (unpaired) electrons. The highest BCUT2D eigenvalue weighted by molar-refractivity contribution is 5.98. The summed E-state index contributed by atoms with van der Waals surface area (Å²) < 4.78 is 14.3. The number of para-hydroxylation sites is 3. The molecule has 18 rings (SSSR count). The van der Waals surface area contributed by atoms with Crippen molar-refractivity contribution < 1.29 is 9.47 Å².